The zero-order chi connectivity index (χ0) is 19.0. The minimum atomic E-state index is 0.0845. The number of H-pyrrole nitrogens is 1. The van der Waals surface area contributed by atoms with Gasteiger partial charge in [-0.2, -0.15) is 0 Å². The highest BCUT2D eigenvalue weighted by atomic mass is 16.2. The first-order chi connectivity index (χ1) is 12.3. The minimum Gasteiger partial charge on any atom is -0.350 e. The number of benzene rings is 1. The van der Waals surface area contributed by atoms with Crippen LogP contribution in [-0.2, 0) is 0 Å². The second-order valence-corrected chi connectivity index (χ2v) is 7.97. The zero-order valence-corrected chi connectivity index (χ0v) is 16.9. The van der Waals surface area contributed by atoms with Crippen LogP contribution in [0.3, 0.4) is 0 Å². The molecule has 1 aromatic heterocycles. The highest BCUT2D eigenvalue weighted by molar-refractivity contribution is 6.02. The van der Waals surface area contributed by atoms with E-state index in [0.29, 0.717) is 18.0 Å². The van der Waals surface area contributed by atoms with Crippen LogP contribution >= 0.6 is 0 Å². The summed E-state index contributed by atoms with van der Waals surface area (Å²) in [5.41, 5.74) is 11.9. The van der Waals surface area contributed by atoms with Crippen molar-refractivity contribution in [2.45, 2.75) is 59.5 Å². The lowest BCUT2D eigenvalue weighted by Crippen LogP contribution is -2.30. The van der Waals surface area contributed by atoms with Gasteiger partial charge in [-0.25, -0.2) is 0 Å². The molecule has 1 amide bonds. The lowest BCUT2D eigenvalue weighted by Gasteiger charge is -2.21. The van der Waals surface area contributed by atoms with E-state index in [1.54, 1.807) is 0 Å². The molecular formula is C21H32N4O. The third-order valence-corrected chi connectivity index (χ3v) is 6.04. The van der Waals surface area contributed by atoms with Crippen LogP contribution < -0.4 is 10.9 Å². The summed E-state index contributed by atoms with van der Waals surface area (Å²) in [5, 5.41) is 1.19. The Morgan fingerprint density at radius 3 is 2.31 bits per heavy atom. The second kappa shape index (κ2) is 7.41. The van der Waals surface area contributed by atoms with Crippen LogP contribution in [0.2, 0.25) is 0 Å². The van der Waals surface area contributed by atoms with E-state index in [9.17, 15) is 4.79 Å². The molecule has 0 aliphatic carbocycles. The van der Waals surface area contributed by atoms with Gasteiger partial charge in [-0.3, -0.25) is 15.6 Å². The molecule has 5 heteroatoms. The second-order valence-electron chi connectivity index (χ2n) is 7.97. The molecule has 0 saturated carbocycles. The number of carbonyl (C=O) groups is 1. The van der Waals surface area contributed by atoms with Crippen molar-refractivity contribution in [3.05, 3.63) is 34.5 Å². The van der Waals surface area contributed by atoms with Gasteiger partial charge in [0.15, 0.2) is 0 Å². The van der Waals surface area contributed by atoms with E-state index in [1.807, 2.05) is 18.9 Å². The zero-order valence-electron chi connectivity index (χ0n) is 16.9. The molecule has 3 N–H and O–H groups in total. The van der Waals surface area contributed by atoms with E-state index >= 15 is 0 Å². The predicted octanol–water partition coefficient (Wildman–Crippen LogP) is 3.45. The van der Waals surface area contributed by atoms with Crippen LogP contribution in [0.4, 0.5) is 0 Å². The van der Waals surface area contributed by atoms with E-state index in [0.717, 1.165) is 36.2 Å². The quantitative estimate of drug-likeness (QED) is 0.769. The van der Waals surface area contributed by atoms with Crippen LogP contribution in [-0.4, -0.2) is 41.5 Å². The normalized spacial score (nSPS) is 22.9. The molecule has 1 aromatic carbocycles. The van der Waals surface area contributed by atoms with E-state index < -0.39 is 0 Å². The van der Waals surface area contributed by atoms with Gasteiger partial charge in [0.25, 0.3) is 5.91 Å². The average Bonchev–Trinajstić information content (AvgIpc) is 3.12. The number of carbonyl (C=O) groups excluding carboxylic acids is 1. The SMILES string of the molecule is Cc1ccc(C)c2c(C)c(C(=O)N(C)CCCC3C(C)NNC3C)[nH]c12. The van der Waals surface area contributed by atoms with Gasteiger partial charge in [0.05, 0.1) is 0 Å². The Balaban J connectivity index is 1.69. The van der Waals surface area contributed by atoms with Crippen LogP contribution in [0.25, 0.3) is 10.9 Å². The fourth-order valence-corrected chi connectivity index (χ4v) is 4.28. The molecule has 0 bridgehead atoms. The summed E-state index contributed by atoms with van der Waals surface area (Å²) in [6, 6.07) is 5.20. The summed E-state index contributed by atoms with van der Waals surface area (Å²) < 4.78 is 0. The number of fused-ring (bicyclic) bond motifs is 1. The molecule has 0 radical (unpaired) electrons. The third kappa shape index (κ3) is 3.38. The number of hydrazine groups is 1. The number of aromatic amines is 1. The van der Waals surface area contributed by atoms with Crippen molar-refractivity contribution in [2.24, 2.45) is 5.92 Å². The summed E-state index contributed by atoms with van der Waals surface area (Å²) in [5.74, 6) is 0.694. The summed E-state index contributed by atoms with van der Waals surface area (Å²) >= 11 is 0. The van der Waals surface area contributed by atoms with Crippen molar-refractivity contribution in [1.82, 2.24) is 20.7 Å². The number of nitrogens with one attached hydrogen (secondary N) is 3. The Morgan fingerprint density at radius 2 is 1.69 bits per heavy atom. The van der Waals surface area contributed by atoms with Crippen LogP contribution in [0.1, 0.15) is 53.9 Å². The van der Waals surface area contributed by atoms with E-state index in [2.05, 4.69) is 55.7 Å². The van der Waals surface area contributed by atoms with Crippen molar-refractivity contribution in [2.75, 3.05) is 13.6 Å². The van der Waals surface area contributed by atoms with E-state index in [-0.39, 0.29) is 5.91 Å². The largest absolute Gasteiger partial charge is 0.350 e. The molecule has 2 unspecified atom stereocenters. The standard InChI is InChI=1S/C21H32N4O/c1-12-9-10-13(2)19-18(12)14(3)20(22-19)21(26)25(6)11-7-8-17-15(4)23-24-16(17)5/h9-10,15-17,22-24H,7-8,11H2,1-6H3. The summed E-state index contributed by atoms with van der Waals surface area (Å²) in [6.45, 7) is 11.4. The van der Waals surface area contributed by atoms with Gasteiger partial charge in [-0.15, -0.1) is 0 Å². The van der Waals surface area contributed by atoms with Crippen molar-refractivity contribution in [1.29, 1.82) is 0 Å². The fourth-order valence-electron chi connectivity index (χ4n) is 4.28. The molecule has 26 heavy (non-hydrogen) atoms. The summed E-state index contributed by atoms with van der Waals surface area (Å²) in [7, 11) is 1.91. The number of aromatic nitrogens is 1. The monoisotopic (exact) mass is 356 g/mol. The molecule has 2 heterocycles. The molecule has 1 aliphatic rings. The molecule has 5 nitrogen and oxygen atoms in total. The van der Waals surface area contributed by atoms with Crippen molar-refractivity contribution < 1.29 is 4.79 Å². The molecular weight excluding hydrogens is 324 g/mol. The summed E-state index contributed by atoms with van der Waals surface area (Å²) in [6.07, 6.45) is 2.13. The van der Waals surface area contributed by atoms with Gasteiger partial charge in [-0.1, -0.05) is 12.1 Å². The molecule has 1 aliphatic heterocycles. The Labute approximate surface area is 156 Å². The molecule has 0 spiro atoms. The van der Waals surface area contributed by atoms with Crippen molar-refractivity contribution >= 4 is 16.8 Å². The predicted molar refractivity (Wildman–Crippen MR) is 107 cm³/mol. The first-order valence-electron chi connectivity index (χ1n) is 9.66. The smallest absolute Gasteiger partial charge is 0.270 e. The van der Waals surface area contributed by atoms with Crippen LogP contribution in [0.15, 0.2) is 12.1 Å². The lowest BCUT2D eigenvalue weighted by atomic mass is 9.91. The van der Waals surface area contributed by atoms with E-state index in [1.165, 1.54) is 16.5 Å². The Hall–Kier alpha value is -1.85. The van der Waals surface area contributed by atoms with Crippen molar-refractivity contribution in [3.8, 4) is 0 Å². The van der Waals surface area contributed by atoms with Gasteiger partial charge in [0.2, 0.25) is 0 Å². The number of hydrogen-bond acceptors (Lipinski definition) is 3. The minimum absolute atomic E-state index is 0.0845. The number of amides is 1. The maximum absolute atomic E-state index is 13.0. The fraction of sp³-hybridized carbons (Fsp3) is 0.571. The molecule has 1 saturated heterocycles. The maximum atomic E-state index is 13.0. The molecule has 2 atom stereocenters. The van der Waals surface area contributed by atoms with E-state index in [4.69, 9.17) is 0 Å². The average molecular weight is 357 g/mol. The Bertz CT molecular complexity index is 800. The van der Waals surface area contributed by atoms with Gasteiger partial charge in [-0.05, 0) is 70.1 Å². The number of aryl methyl sites for hydroxylation is 3. The van der Waals surface area contributed by atoms with Gasteiger partial charge in [0, 0.05) is 36.6 Å². The topological polar surface area (TPSA) is 60.2 Å². The molecule has 142 valence electrons. The Morgan fingerprint density at radius 1 is 1.08 bits per heavy atom. The van der Waals surface area contributed by atoms with Crippen molar-refractivity contribution in [3.63, 3.8) is 0 Å². The van der Waals surface area contributed by atoms with Crippen LogP contribution in [0.5, 0.6) is 0 Å². The Kier molecular flexibility index (Phi) is 5.39. The lowest BCUT2D eigenvalue weighted by molar-refractivity contribution is 0.0785. The number of rotatable bonds is 5. The molecule has 2 aromatic rings. The first kappa shape index (κ1) is 18.9. The third-order valence-electron chi connectivity index (χ3n) is 6.04. The maximum Gasteiger partial charge on any atom is 0.270 e. The van der Waals surface area contributed by atoms with Gasteiger partial charge in [0.1, 0.15) is 5.69 Å². The highest BCUT2D eigenvalue weighted by Gasteiger charge is 2.29. The van der Waals surface area contributed by atoms with Gasteiger partial charge < -0.3 is 9.88 Å². The highest BCUT2D eigenvalue weighted by Crippen LogP contribution is 2.28. The molecule has 1 fully saturated rings. The van der Waals surface area contributed by atoms with Crippen LogP contribution in [0, 0.1) is 26.7 Å². The first-order valence-corrected chi connectivity index (χ1v) is 9.66. The molecule has 3 rings (SSSR count). The van der Waals surface area contributed by atoms with Gasteiger partial charge >= 0.3 is 0 Å². The number of nitrogens with zero attached hydrogens (tertiary/aromatic N) is 1. The summed E-state index contributed by atoms with van der Waals surface area (Å²) in [4.78, 5) is 18.2. The number of hydrogen-bond donors (Lipinski definition) is 3.